The summed E-state index contributed by atoms with van der Waals surface area (Å²) in [7, 11) is -0.777. The van der Waals surface area contributed by atoms with Gasteiger partial charge in [-0.1, -0.05) is 26.7 Å². The van der Waals surface area contributed by atoms with Crippen LogP contribution in [0.1, 0.15) is 46.0 Å². The van der Waals surface area contributed by atoms with E-state index < -0.39 is 11.0 Å². The van der Waals surface area contributed by atoms with Crippen LogP contribution >= 0.6 is 0 Å². The zero-order valence-electron chi connectivity index (χ0n) is 12.3. The number of piperidine rings is 1. The van der Waals surface area contributed by atoms with Crippen molar-refractivity contribution in [2.24, 2.45) is 11.8 Å². The van der Waals surface area contributed by atoms with Gasteiger partial charge in [-0.15, -0.1) is 0 Å². The normalized spacial score (nSPS) is 20.9. The molecule has 4 nitrogen and oxygen atoms in total. The van der Waals surface area contributed by atoms with Crippen LogP contribution in [0.5, 0.6) is 0 Å². The first-order valence-corrected chi connectivity index (χ1v) is 8.80. The van der Waals surface area contributed by atoms with Gasteiger partial charge in [0.25, 0.3) is 0 Å². The number of carbonyl (C=O) groups excluding carboxylic acids is 1. The van der Waals surface area contributed by atoms with Gasteiger partial charge in [-0.05, 0) is 31.1 Å². The fourth-order valence-electron chi connectivity index (χ4n) is 3.05. The minimum atomic E-state index is -0.777. The Bertz CT molecular complexity index is 279. The number of rotatable bonds is 9. The van der Waals surface area contributed by atoms with Gasteiger partial charge in [0.2, 0.25) is 6.41 Å². The first-order chi connectivity index (χ1) is 9.22. The SMILES string of the molecule is CCCC(CCNC=O)C1CCN(S(=O)CC)CC1. The quantitative estimate of drug-likeness (QED) is 0.520. The topological polar surface area (TPSA) is 49.4 Å². The third kappa shape index (κ3) is 5.61. The van der Waals surface area contributed by atoms with E-state index in [1.807, 2.05) is 6.92 Å². The third-order valence-corrected chi connectivity index (χ3v) is 5.54. The molecule has 0 aromatic carbocycles. The second-order valence-electron chi connectivity index (χ2n) is 5.29. The number of nitrogens with zero attached hydrogens (tertiary/aromatic N) is 1. The van der Waals surface area contributed by atoms with Crippen LogP contribution in [-0.4, -0.2) is 40.3 Å². The lowest BCUT2D eigenvalue weighted by atomic mass is 9.80. The van der Waals surface area contributed by atoms with Crippen LogP contribution in [0.3, 0.4) is 0 Å². The van der Waals surface area contributed by atoms with Gasteiger partial charge in [0, 0.05) is 25.4 Å². The lowest BCUT2D eigenvalue weighted by molar-refractivity contribution is -0.109. The molecule has 1 saturated heterocycles. The highest BCUT2D eigenvalue weighted by atomic mass is 32.2. The van der Waals surface area contributed by atoms with Crippen molar-refractivity contribution in [2.45, 2.75) is 46.0 Å². The van der Waals surface area contributed by atoms with Gasteiger partial charge in [0.1, 0.15) is 0 Å². The summed E-state index contributed by atoms with van der Waals surface area (Å²) in [5, 5.41) is 2.77. The van der Waals surface area contributed by atoms with Crippen molar-refractivity contribution < 1.29 is 9.00 Å². The summed E-state index contributed by atoms with van der Waals surface area (Å²) >= 11 is 0. The van der Waals surface area contributed by atoms with Gasteiger partial charge >= 0.3 is 0 Å². The molecule has 0 bridgehead atoms. The first-order valence-electron chi connectivity index (χ1n) is 7.53. The summed E-state index contributed by atoms with van der Waals surface area (Å²) in [6, 6.07) is 0. The van der Waals surface area contributed by atoms with Crippen molar-refractivity contribution in [1.29, 1.82) is 0 Å². The Morgan fingerprint density at radius 2 is 2.00 bits per heavy atom. The van der Waals surface area contributed by atoms with Gasteiger partial charge in [-0.2, -0.15) is 0 Å². The van der Waals surface area contributed by atoms with E-state index in [2.05, 4.69) is 16.5 Å². The molecule has 1 N–H and O–H groups in total. The maximum atomic E-state index is 11.8. The minimum absolute atomic E-state index is 0.703. The second kappa shape index (κ2) is 9.48. The van der Waals surface area contributed by atoms with Crippen LogP contribution in [0, 0.1) is 11.8 Å². The lowest BCUT2D eigenvalue weighted by Gasteiger charge is -2.35. The van der Waals surface area contributed by atoms with Gasteiger partial charge in [-0.25, -0.2) is 8.51 Å². The Morgan fingerprint density at radius 1 is 1.32 bits per heavy atom. The monoisotopic (exact) mass is 288 g/mol. The molecule has 0 spiro atoms. The van der Waals surface area contributed by atoms with Crippen LogP contribution in [0.15, 0.2) is 0 Å². The average molecular weight is 288 g/mol. The molecule has 0 radical (unpaired) electrons. The Kier molecular flexibility index (Phi) is 8.30. The van der Waals surface area contributed by atoms with Crippen LogP contribution in [0.4, 0.5) is 0 Å². The number of amides is 1. The van der Waals surface area contributed by atoms with E-state index in [9.17, 15) is 9.00 Å². The number of nitrogens with one attached hydrogen (secondary N) is 1. The number of carbonyl (C=O) groups is 1. The molecular formula is C14H28N2O2S. The Balaban J connectivity index is 2.40. The van der Waals surface area contributed by atoms with E-state index in [4.69, 9.17) is 0 Å². The molecule has 19 heavy (non-hydrogen) atoms. The van der Waals surface area contributed by atoms with E-state index in [-0.39, 0.29) is 0 Å². The van der Waals surface area contributed by atoms with Crippen LogP contribution in [0.25, 0.3) is 0 Å². The summed E-state index contributed by atoms with van der Waals surface area (Å²) in [5.74, 6) is 2.17. The number of hydrogen-bond acceptors (Lipinski definition) is 2. The van der Waals surface area contributed by atoms with E-state index in [1.165, 1.54) is 12.8 Å². The van der Waals surface area contributed by atoms with Crippen molar-refractivity contribution in [3.63, 3.8) is 0 Å². The molecule has 1 heterocycles. The highest BCUT2D eigenvalue weighted by molar-refractivity contribution is 7.82. The van der Waals surface area contributed by atoms with Gasteiger partial charge in [0.15, 0.2) is 0 Å². The molecule has 0 aromatic heterocycles. The van der Waals surface area contributed by atoms with Gasteiger partial charge < -0.3 is 5.32 Å². The maximum absolute atomic E-state index is 11.8. The third-order valence-electron chi connectivity index (χ3n) is 4.10. The molecule has 1 rings (SSSR count). The van der Waals surface area contributed by atoms with Crippen LogP contribution in [0.2, 0.25) is 0 Å². The fraction of sp³-hybridized carbons (Fsp3) is 0.929. The predicted molar refractivity (Wildman–Crippen MR) is 80.1 cm³/mol. The zero-order chi connectivity index (χ0) is 14.1. The molecule has 0 aliphatic carbocycles. The standard InChI is InChI=1S/C14H28N2O2S/c1-3-5-13(6-9-15-12-17)14-7-10-16(11-8-14)19(18)4-2/h12-14H,3-11H2,1-2H3,(H,15,17). The Labute approximate surface area is 119 Å². The molecule has 1 aliphatic heterocycles. The largest absolute Gasteiger partial charge is 0.359 e. The summed E-state index contributed by atoms with van der Waals surface area (Å²) in [4.78, 5) is 10.3. The summed E-state index contributed by atoms with van der Waals surface area (Å²) < 4.78 is 13.9. The average Bonchev–Trinajstić information content (AvgIpc) is 2.46. The molecule has 0 saturated carbocycles. The molecule has 0 aromatic rings. The van der Waals surface area contributed by atoms with Crippen molar-refractivity contribution in [3.8, 4) is 0 Å². The van der Waals surface area contributed by atoms with Crippen LogP contribution in [-0.2, 0) is 15.8 Å². The molecule has 2 atom stereocenters. The fourth-order valence-corrected chi connectivity index (χ4v) is 4.03. The predicted octanol–water partition coefficient (Wildman–Crippen LogP) is 1.93. The number of hydrogen-bond donors (Lipinski definition) is 1. The molecule has 1 fully saturated rings. The smallest absolute Gasteiger partial charge is 0.207 e. The summed E-state index contributed by atoms with van der Waals surface area (Å²) in [6.45, 7) is 6.92. The molecule has 1 amide bonds. The van der Waals surface area contributed by atoms with Gasteiger partial charge in [0.05, 0.1) is 11.0 Å². The Hall–Kier alpha value is -0.420. The van der Waals surface area contributed by atoms with E-state index in [0.717, 1.165) is 57.0 Å². The highest BCUT2D eigenvalue weighted by Crippen LogP contribution is 2.30. The zero-order valence-corrected chi connectivity index (χ0v) is 13.1. The molecule has 2 unspecified atom stereocenters. The lowest BCUT2D eigenvalue weighted by Crippen LogP contribution is -2.38. The van der Waals surface area contributed by atoms with E-state index in [0.29, 0.717) is 5.92 Å². The van der Waals surface area contributed by atoms with Crippen LogP contribution < -0.4 is 5.32 Å². The van der Waals surface area contributed by atoms with Crippen molar-refractivity contribution in [3.05, 3.63) is 0 Å². The maximum Gasteiger partial charge on any atom is 0.207 e. The Morgan fingerprint density at radius 3 is 2.53 bits per heavy atom. The molecule has 112 valence electrons. The summed E-state index contributed by atoms with van der Waals surface area (Å²) in [6.07, 6.45) is 6.61. The van der Waals surface area contributed by atoms with Crippen molar-refractivity contribution >= 4 is 17.4 Å². The van der Waals surface area contributed by atoms with E-state index in [1.54, 1.807) is 0 Å². The first kappa shape index (κ1) is 16.6. The van der Waals surface area contributed by atoms with Gasteiger partial charge in [-0.3, -0.25) is 4.79 Å². The summed E-state index contributed by atoms with van der Waals surface area (Å²) in [5.41, 5.74) is 0. The highest BCUT2D eigenvalue weighted by Gasteiger charge is 2.27. The van der Waals surface area contributed by atoms with E-state index >= 15 is 0 Å². The molecule has 5 heteroatoms. The molecule has 1 aliphatic rings. The van der Waals surface area contributed by atoms with Crippen molar-refractivity contribution in [2.75, 3.05) is 25.4 Å². The second-order valence-corrected chi connectivity index (χ2v) is 7.02. The minimum Gasteiger partial charge on any atom is -0.359 e. The molecular weight excluding hydrogens is 260 g/mol. The van der Waals surface area contributed by atoms with Crippen molar-refractivity contribution in [1.82, 2.24) is 9.62 Å².